The average molecular weight is 356 g/mol. The van der Waals surface area contributed by atoms with Crippen LogP contribution >= 0.6 is 0 Å². The zero-order chi connectivity index (χ0) is 18.5. The summed E-state index contributed by atoms with van der Waals surface area (Å²) < 4.78 is 13.7. The van der Waals surface area contributed by atoms with Crippen LogP contribution in [0.25, 0.3) is 0 Å². The summed E-state index contributed by atoms with van der Waals surface area (Å²) in [5.74, 6) is 0.825. The molecule has 6 heteroatoms. The zero-order valence-electron chi connectivity index (χ0n) is 15.3. The molecule has 0 bridgehead atoms. The second-order valence-corrected chi connectivity index (χ2v) is 6.96. The maximum absolute atomic E-state index is 13.7. The Bertz CT molecular complexity index is 772. The molecule has 0 aliphatic carbocycles. The SMILES string of the molecule is Cc1cc(C(=O)N2CCC(C)CC2)nc(NCCc2ccccc2F)n1. The van der Waals surface area contributed by atoms with Crippen molar-refractivity contribution in [2.24, 2.45) is 5.92 Å². The van der Waals surface area contributed by atoms with Gasteiger partial charge >= 0.3 is 0 Å². The van der Waals surface area contributed by atoms with Gasteiger partial charge in [0.15, 0.2) is 0 Å². The Kier molecular flexibility index (Phi) is 5.81. The molecule has 1 fully saturated rings. The molecule has 26 heavy (non-hydrogen) atoms. The Morgan fingerprint density at radius 1 is 1.27 bits per heavy atom. The number of piperidine rings is 1. The predicted octanol–water partition coefficient (Wildman–Crippen LogP) is 3.45. The van der Waals surface area contributed by atoms with Crippen LogP contribution in [-0.4, -0.2) is 40.4 Å². The van der Waals surface area contributed by atoms with Crippen molar-refractivity contribution in [3.63, 3.8) is 0 Å². The van der Waals surface area contributed by atoms with Gasteiger partial charge in [-0.15, -0.1) is 0 Å². The van der Waals surface area contributed by atoms with Crippen LogP contribution in [0.2, 0.25) is 0 Å². The Hall–Kier alpha value is -2.50. The van der Waals surface area contributed by atoms with Gasteiger partial charge in [-0.1, -0.05) is 25.1 Å². The van der Waals surface area contributed by atoms with Crippen molar-refractivity contribution >= 4 is 11.9 Å². The third kappa shape index (κ3) is 4.56. The molecule has 0 atom stereocenters. The lowest BCUT2D eigenvalue weighted by Crippen LogP contribution is -2.38. The molecule has 2 heterocycles. The number of hydrogen-bond donors (Lipinski definition) is 1. The lowest BCUT2D eigenvalue weighted by Gasteiger charge is -2.30. The fraction of sp³-hybridized carbons (Fsp3) is 0.450. The molecule has 0 unspecified atom stereocenters. The molecule has 1 aliphatic heterocycles. The molecule has 138 valence electrons. The zero-order valence-corrected chi connectivity index (χ0v) is 15.3. The number of carbonyl (C=O) groups is 1. The summed E-state index contributed by atoms with van der Waals surface area (Å²) in [6, 6.07) is 8.44. The van der Waals surface area contributed by atoms with E-state index in [1.165, 1.54) is 6.07 Å². The van der Waals surface area contributed by atoms with Crippen molar-refractivity contribution in [3.8, 4) is 0 Å². The number of carbonyl (C=O) groups excluding carboxylic acids is 1. The minimum Gasteiger partial charge on any atom is -0.354 e. The number of nitrogens with one attached hydrogen (secondary N) is 1. The summed E-state index contributed by atoms with van der Waals surface area (Å²) in [4.78, 5) is 23.3. The van der Waals surface area contributed by atoms with Gasteiger partial charge in [-0.05, 0) is 49.8 Å². The van der Waals surface area contributed by atoms with Crippen molar-refractivity contribution in [2.45, 2.75) is 33.1 Å². The highest BCUT2D eigenvalue weighted by Crippen LogP contribution is 2.18. The van der Waals surface area contributed by atoms with Gasteiger partial charge in [0.2, 0.25) is 5.95 Å². The second kappa shape index (κ2) is 8.25. The summed E-state index contributed by atoms with van der Waals surface area (Å²) in [5, 5.41) is 3.11. The van der Waals surface area contributed by atoms with E-state index in [0.717, 1.165) is 31.6 Å². The summed E-state index contributed by atoms with van der Waals surface area (Å²) >= 11 is 0. The second-order valence-electron chi connectivity index (χ2n) is 6.96. The highest BCUT2D eigenvalue weighted by molar-refractivity contribution is 5.92. The van der Waals surface area contributed by atoms with Gasteiger partial charge in [0.1, 0.15) is 11.5 Å². The van der Waals surface area contributed by atoms with Crippen LogP contribution in [0.15, 0.2) is 30.3 Å². The van der Waals surface area contributed by atoms with Crippen LogP contribution in [0.1, 0.15) is 41.5 Å². The number of hydrogen-bond acceptors (Lipinski definition) is 4. The number of anilines is 1. The molecule has 1 aromatic carbocycles. The molecule has 1 saturated heterocycles. The monoisotopic (exact) mass is 356 g/mol. The molecular weight excluding hydrogens is 331 g/mol. The summed E-state index contributed by atoms with van der Waals surface area (Å²) in [7, 11) is 0. The largest absolute Gasteiger partial charge is 0.354 e. The van der Waals surface area contributed by atoms with Crippen LogP contribution in [0.5, 0.6) is 0 Å². The van der Waals surface area contributed by atoms with Crippen LogP contribution in [0.3, 0.4) is 0 Å². The molecule has 5 nitrogen and oxygen atoms in total. The highest BCUT2D eigenvalue weighted by Gasteiger charge is 2.23. The first-order valence-electron chi connectivity index (χ1n) is 9.15. The van der Waals surface area contributed by atoms with E-state index in [4.69, 9.17) is 0 Å². The predicted molar refractivity (Wildman–Crippen MR) is 99.7 cm³/mol. The maximum Gasteiger partial charge on any atom is 0.272 e. The lowest BCUT2D eigenvalue weighted by atomic mass is 9.99. The number of likely N-dealkylation sites (tertiary alicyclic amines) is 1. The first-order valence-corrected chi connectivity index (χ1v) is 9.15. The fourth-order valence-corrected chi connectivity index (χ4v) is 3.14. The smallest absolute Gasteiger partial charge is 0.272 e. The first kappa shape index (κ1) is 18.3. The van der Waals surface area contributed by atoms with Gasteiger partial charge in [0.05, 0.1) is 0 Å². The van der Waals surface area contributed by atoms with Crippen LogP contribution in [0.4, 0.5) is 10.3 Å². The van der Waals surface area contributed by atoms with Crippen LogP contribution in [-0.2, 0) is 6.42 Å². The summed E-state index contributed by atoms with van der Waals surface area (Å²) in [5.41, 5.74) is 1.80. The topological polar surface area (TPSA) is 58.1 Å². The Labute approximate surface area is 153 Å². The average Bonchev–Trinajstić information content (AvgIpc) is 2.63. The van der Waals surface area contributed by atoms with Gasteiger partial charge in [0.25, 0.3) is 5.91 Å². The van der Waals surface area contributed by atoms with E-state index in [2.05, 4.69) is 22.2 Å². The van der Waals surface area contributed by atoms with E-state index in [1.807, 2.05) is 17.9 Å². The third-order valence-corrected chi connectivity index (χ3v) is 4.78. The Morgan fingerprint density at radius 3 is 2.73 bits per heavy atom. The Morgan fingerprint density at radius 2 is 2.00 bits per heavy atom. The van der Waals surface area contributed by atoms with Crippen molar-refractivity contribution in [3.05, 3.63) is 53.1 Å². The number of halogens is 1. The minimum absolute atomic E-state index is 0.0421. The third-order valence-electron chi connectivity index (χ3n) is 4.78. The molecule has 2 aromatic rings. The van der Waals surface area contributed by atoms with Crippen molar-refractivity contribution in [1.82, 2.24) is 14.9 Å². The number of aromatic nitrogens is 2. The summed E-state index contributed by atoms with van der Waals surface area (Å²) in [6.07, 6.45) is 2.59. The molecule has 0 saturated carbocycles. The van der Waals surface area contributed by atoms with E-state index in [9.17, 15) is 9.18 Å². The standard InChI is InChI=1S/C20H25FN4O/c1-14-8-11-25(12-9-14)19(26)18-13-15(2)23-20(24-18)22-10-7-16-5-3-4-6-17(16)21/h3-6,13-14H,7-12H2,1-2H3,(H,22,23,24). The molecule has 1 amide bonds. The molecule has 0 radical (unpaired) electrons. The van der Waals surface area contributed by atoms with Crippen molar-refractivity contribution in [1.29, 1.82) is 0 Å². The molecule has 1 aliphatic rings. The van der Waals surface area contributed by atoms with Gasteiger partial charge < -0.3 is 10.2 Å². The molecule has 1 aromatic heterocycles. The molecule has 0 spiro atoms. The maximum atomic E-state index is 13.7. The fourth-order valence-electron chi connectivity index (χ4n) is 3.14. The number of aryl methyl sites for hydroxylation is 1. The van der Waals surface area contributed by atoms with Gasteiger partial charge in [0, 0.05) is 25.3 Å². The van der Waals surface area contributed by atoms with Crippen molar-refractivity contribution < 1.29 is 9.18 Å². The van der Waals surface area contributed by atoms with E-state index < -0.39 is 0 Å². The van der Waals surface area contributed by atoms with E-state index >= 15 is 0 Å². The minimum atomic E-state index is -0.213. The number of rotatable bonds is 5. The normalized spacial score (nSPS) is 15.1. The van der Waals surface area contributed by atoms with Gasteiger partial charge in [-0.2, -0.15) is 0 Å². The van der Waals surface area contributed by atoms with Crippen LogP contribution < -0.4 is 5.32 Å². The first-order chi connectivity index (χ1) is 12.5. The highest BCUT2D eigenvalue weighted by atomic mass is 19.1. The van der Waals surface area contributed by atoms with E-state index in [1.54, 1.807) is 18.2 Å². The van der Waals surface area contributed by atoms with E-state index in [-0.39, 0.29) is 11.7 Å². The molecule has 3 rings (SSSR count). The number of benzene rings is 1. The van der Waals surface area contributed by atoms with Gasteiger partial charge in [-0.3, -0.25) is 4.79 Å². The van der Waals surface area contributed by atoms with Crippen LogP contribution in [0, 0.1) is 18.7 Å². The molecular formula is C20H25FN4O. The van der Waals surface area contributed by atoms with E-state index in [0.29, 0.717) is 36.1 Å². The summed E-state index contributed by atoms with van der Waals surface area (Å²) in [6.45, 7) is 6.12. The molecule has 1 N–H and O–H groups in total. The van der Waals surface area contributed by atoms with Crippen molar-refractivity contribution in [2.75, 3.05) is 25.0 Å². The number of amides is 1. The quantitative estimate of drug-likeness (QED) is 0.891. The Balaban J connectivity index is 1.64. The number of nitrogens with zero attached hydrogens (tertiary/aromatic N) is 3. The van der Waals surface area contributed by atoms with Gasteiger partial charge in [-0.25, -0.2) is 14.4 Å². The lowest BCUT2D eigenvalue weighted by molar-refractivity contribution is 0.0691.